The van der Waals surface area contributed by atoms with Crippen molar-refractivity contribution in [2.24, 2.45) is 5.10 Å². The van der Waals surface area contributed by atoms with Gasteiger partial charge in [-0.2, -0.15) is 5.10 Å². The van der Waals surface area contributed by atoms with Crippen LogP contribution in [0.4, 0.5) is 0 Å². The summed E-state index contributed by atoms with van der Waals surface area (Å²) >= 11 is 0. The normalized spacial score (nSPS) is 18.9. The number of methoxy groups -OCH3 is 1. The van der Waals surface area contributed by atoms with Gasteiger partial charge in [0.25, 0.3) is 5.91 Å². The van der Waals surface area contributed by atoms with Gasteiger partial charge in [-0.25, -0.2) is 16.3 Å². The number of phenols is 1. The van der Waals surface area contributed by atoms with E-state index in [1.165, 1.54) is 19.4 Å². The number of carbonyl (C=O) groups is 1. The summed E-state index contributed by atoms with van der Waals surface area (Å²) in [5, 5.41) is 13.6. The van der Waals surface area contributed by atoms with Crippen molar-refractivity contribution in [2.45, 2.75) is 25.4 Å². The summed E-state index contributed by atoms with van der Waals surface area (Å²) in [5.74, 6) is 0.958. The smallest absolute Gasteiger partial charge is 0.258 e. The topological polar surface area (TPSA) is 104 Å². The minimum absolute atomic E-state index is 0.00138. The highest BCUT2D eigenvalue weighted by Crippen LogP contribution is 2.26. The number of hydrazone groups is 1. The van der Waals surface area contributed by atoms with Crippen molar-refractivity contribution >= 4 is 12.1 Å². The van der Waals surface area contributed by atoms with Gasteiger partial charge in [-0.3, -0.25) is 4.79 Å². The average molecular weight is 384 g/mol. The molecule has 4 N–H and O–H groups in total. The SMILES string of the molecule is CCOc1cccc(C2CC(C(=O)N/N=C/c3ccc(O)c(OC)c3)NN2)c1. The van der Waals surface area contributed by atoms with Gasteiger partial charge in [0.05, 0.1) is 19.9 Å². The van der Waals surface area contributed by atoms with Gasteiger partial charge in [-0.1, -0.05) is 12.1 Å². The Hall–Kier alpha value is -3.10. The second-order valence-corrected chi connectivity index (χ2v) is 6.30. The van der Waals surface area contributed by atoms with Crippen molar-refractivity contribution < 1.29 is 19.4 Å². The molecule has 0 bridgehead atoms. The molecule has 0 spiro atoms. The first-order valence-electron chi connectivity index (χ1n) is 9.04. The lowest BCUT2D eigenvalue weighted by Gasteiger charge is -2.11. The van der Waals surface area contributed by atoms with Gasteiger partial charge in [-0.05, 0) is 54.8 Å². The van der Waals surface area contributed by atoms with E-state index >= 15 is 0 Å². The number of aromatic hydroxyl groups is 1. The Morgan fingerprint density at radius 3 is 2.96 bits per heavy atom. The van der Waals surface area contributed by atoms with Crippen molar-refractivity contribution in [3.8, 4) is 17.2 Å². The maximum absolute atomic E-state index is 12.3. The van der Waals surface area contributed by atoms with Crippen LogP contribution in [0.3, 0.4) is 0 Å². The van der Waals surface area contributed by atoms with Gasteiger partial charge in [0.1, 0.15) is 11.8 Å². The number of amides is 1. The fourth-order valence-electron chi connectivity index (χ4n) is 2.96. The van der Waals surface area contributed by atoms with Crippen LogP contribution in [0.1, 0.15) is 30.5 Å². The van der Waals surface area contributed by atoms with Crippen LogP contribution in [0.15, 0.2) is 47.6 Å². The Bertz CT molecular complexity index is 856. The Labute approximate surface area is 163 Å². The van der Waals surface area contributed by atoms with Crippen LogP contribution in [-0.2, 0) is 4.79 Å². The number of carbonyl (C=O) groups excluding carboxylic acids is 1. The minimum Gasteiger partial charge on any atom is -0.504 e. The lowest BCUT2D eigenvalue weighted by Crippen LogP contribution is -2.41. The summed E-state index contributed by atoms with van der Waals surface area (Å²) in [6, 6.07) is 12.2. The number of ether oxygens (including phenoxy) is 2. The maximum Gasteiger partial charge on any atom is 0.258 e. The fourth-order valence-corrected chi connectivity index (χ4v) is 2.96. The molecule has 1 aliphatic heterocycles. The molecule has 0 saturated carbocycles. The molecule has 1 fully saturated rings. The second-order valence-electron chi connectivity index (χ2n) is 6.30. The number of hydrogen-bond donors (Lipinski definition) is 4. The standard InChI is InChI=1S/C20H24N4O4/c1-3-28-15-6-4-5-14(10-15)16-11-17(23-22-16)20(26)24-21-12-13-7-8-18(25)19(9-13)27-2/h4-10,12,16-17,22-23,25H,3,11H2,1-2H3,(H,24,26)/b21-12+. The average Bonchev–Trinajstić information content (AvgIpc) is 3.20. The quantitative estimate of drug-likeness (QED) is 0.429. The van der Waals surface area contributed by atoms with E-state index in [4.69, 9.17) is 9.47 Å². The minimum atomic E-state index is -0.410. The van der Waals surface area contributed by atoms with E-state index in [0.29, 0.717) is 24.3 Å². The highest BCUT2D eigenvalue weighted by atomic mass is 16.5. The number of benzene rings is 2. The summed E-state index contributed by atoms with van der Waals surface area (Å²) in [6.07, 6.45) is 2.08. The predicted octanol–water partition coefficient (Wildman–Crippen LogP) is 1.86. The van der Waals surface area contributed by atoms with Crippen LogP contribution in [0.25, 0.3) is 0 Å². The largest absolute Gasteiger partial charge is 0.504 e. The van der Waals surface area contributed by atoms with Gasteiger partial charge in [0.2, 0.25) is 0 Å². The van der Waals surface area contributed by atoms with Crippen LogP contribution in [-0.4, -0.2) is 37.0 Å². The number of hydrogen-bond acceptors (Lipinski definition) is 7. The molecule has 2 aromatic rings. The summed E-state index contributed by atoms with van der Waals surface area (Å²) in [5.41, 5.74) is 10.4. The van der Waals surface area contributed by atoms with E-state index in [-0.39, 0.29) is 17.7 Å². The third kappa shape index (κ3) is 4.79. The Morgan fingerprint density at radius 2 is 2.18 bits per heavy atom. The Kier molecular flexibility index (Phi) is 6.46. The van der Waals surface area contributed by atoms with E-state index in [1.54, 1.807) is 12.1 Å². The number of nitrogens with zero attached hydrogens (tertiary/aromatic N) is 1. The number of hydrazine groups is 1. The number of phenolic OH excluding ortho intramolecular Hbond substituents is 1. The molecule has 148 valence electrons. The van der Waals surface area contributed by atoms with Gasteiger partial charge >= 0.3 is 0 Å². The van der Waals surface area contributed by atoms with Crippen LogP contribution in [0.2, 0.25) is 0 Å². The van der Waals surface area contributed by atoms with Crippen molar-refractivity contribution in [3.63, 3.8) is 0 Å². The first kappa shape index (κ1) is 19.7. The second kappa shape index (κ2) is 9.20. The van der Waals surface area contributed by atoms with E-state index in [0.717, 1.165) is 11.3 Å². The third-order valence-corrected chi connectivity index (χ3v) is 4.38. The molecular weight excluding hydrogens is 360 g/mol. The van der Waals surface area contributed by atoms with E-state index in [9.17, 15) is 9.90 Å². The van der Waals surface area contributed by atoms with Crippen molar-refractivity contribution in [1.82, 2.24) is 16.3 Å². The molecule has 1 saturated heterocycles. The summed E-state index contributed by atoms with van der Waals surface area (Å²) in [4.78, 5) is 12.3. The number of nitrogens with one attached hydrogen (secondary N) is 3. The fraction of sp³-hybridized carbons (Fsp3) is 0.300. The zero-order chi connectivity index (χ0) is 19.9. The summed E-state index contributed by atoms with van der Waals surface area (Å²) in [6.45, 7) is 2.55. The van der Waals surface area contributed by atoms with Crippen molar-refractivity contribution in [2.75, 3.05) is 13.7 Å². The molecule has 0 radical (unpaired) electrons. The highest BCUT2D eigenvalue weighted by Gasteiger charge is 2.30. The molecule has 8 heteroatoms. The molecule has 2 aromatic carbocycles. The zero-order valence-electron chi connectivity index (χ0n) is 15.8. The molecular formula is C20H24N4O4. The molecule has 1 heterocycles. The zero-order valence-corrected chi connectivity index (χ0v) is 15.8. The molecule has 2 unspecified atom stereocenters. The molecule has 2 atom stereocenters. The van der Waals surface area contributed by atoms with Crippen LogP contribution >= 0.6 is 0 Å². The lowest BCUT2D eigenvalue weighted by molar-refractivity contribution is -0.122. The Balaban J connectivity index is 1.55. The van der Waals surface area contributed by atoms with Gasteiger partial charge in [0, 0.05) is 6.04 Å². The summed E-state index contributed by atoms with van der Waals surface area (Å²) in [7, 11) is 1.47. The molecule has 1 amide bonds. The van der Waals surface area contributed by atoms with Crippen molar-refractivity contribution in [3.05, 3.63) is 53.6 Å². The van der Waals surface area contributed by atoms with Crippen LogP contribution in [0.5, 0.6) is 17.2 Å². The maximum atomic E-state index is 12.3. The van der Waals surface area contributed by atoms with Gasteiger partial charge in [-0.15, -0.1) is 0 Å². The highest BCUT2D eigenvalue weighted by molar-refractivity contribution is 5.85. The predicted molar refractivity (Wildman–Crippen MR) is 105 cm³/mol. The van der Waals surface area contributed by atoms with Gasteiger partial charge < -0.3 is 14.6 Å². The van der Waals surface area contributed by atoms with Crippen molar-refractivity contribution in [1.29, 1.82) is 0 Å². The monoisotopic (exact) mass is 384 g/mol. The molecule has 28 heavy (non-hydrogen) atoms. The van der Waals surface area contributed by atoms with Crippen LogP contribution in [0, 0.1) is 0 Å². The molecule has 0 aromatic heterocycles. The summed E-state index contributed by atoms with van der Waals surface area (Å²) < 4.78 is 10.6. The molecule has 8 nitrogen and oxygen atoms in total. The first-order chi connectivity index (χ1) is 13.6. The number of rotatable bonds is 7. The van der Waals surface area contributed by atoms with E-state index in [1.807, 2.05) is 31.2 Å². The molecule has 0 aliphatic carbocycles. The van der Waals surface area contributed by atoms with E-state index < -0.39 is 6.04 Å². The molecule has 1 aliphatic rings. The first-order valence-corrected chi connectivity index (χ1v) is 9.04. The van der Waals surface area contributed by atoms with Crippen LogP contribution < -0.4 is 25.8 Å². The molecule has 3 rings (SSSR count). The third-order valence-electron chi connectivity index (χ3n) is 4.38. The lowest BCUT2D eigenvalue weighted by atomic mass is 10.0. The van der Waals surface area contributed by atoms with Gasteiger partial charge in [0.15, 0.2) is 11.5 Å². The van der Waals surface area contributed by atoms with E-state index in [2.05, 4.69) is 21.4 Å². The Morgan fingerprint density at radius 1 is 1.32 bits per heavy atom.